The monoisotopic (exact) mass is 521 g/mol. The van der Waals surface area contributed by atoms with Crippen molar-refractivity contribution in [2.75, 3.05) is 47.0 Å². The highest BCUT2D eigenvalue weighted by molar-refractivity contribution is 7.19. The summed E-state index contributed by atoms with van der Waals surface area (Å²) in [6.07, 6.45) is 0. The molecule has 37 heavy (non-hydrogen) atoms. The minimum absolute atomic E-state index is 0.0116. The van der Waals surface area contributed by atoms with Gasteiger partial charge >= 0.3 is 0 Å². The van der Waals surface area contributed by atoms with Crippen LogP contribution >= 0.6 is 11.3 Å². The van der Waals surface area contributed by atoms with Crippen LogP contribution in [0.25, 0.3) is 15.5 Å². The zero-order chi connectivity index (χ0) is 25.8. The van der Waals surface area contributed by atoms with Gasteiger partial charge in [-0.05, 0) is 36.4 Å². The van der Waals surface area contributed by atoms with Crippen molar-refractivity contribution in [3.8, 4) is 27.8 Å². The number of aromatic nitrogens is 3. The minimum Gasteiger partial charge on any atom is -0.497 e. The quantitative estimate of drug-likeness (QED) is 0.349. The number of hydrogen-bond acceptors (Lipinski definition) is 9. The van der Waals surface area contributed by atoms with Crippen molar-refractivity contribution in [2.24, 2.45) is 0 Å². The van der Waals surface area contributed by atoms with E-state index >= 15 is 0 Å². The molecule has 4 aromatic rings. The Morgan fingerprint density at radius 1 is 0.946 bits per heavy atom. The fraction of sp³-hybridized carbons (Fsp3) is 0.308. The molecular formula is C26H27N5O5S. The Balaban J connectivity index is 1.18. The molecule has 0 bridgehead atoms. The topological polar surface area (TPSA) is 98.5 Å². The van der Waals surface area contributed by atoms with Crippen LogP contribution in [0, 0.1) is 0 Å². The number of fused-ring (bicyclic) bond motifs is 1. The van der Waals surface area contributed by atoms with Gasteiger partial charge in [0.25, 0.3) is 11.5 Å². The van der Waals surface area contributed by atoms with Gasteiger partial charge in [-0.3, -0.25) is 14.5 Å². The summed E-state index contributed by atoms with van der Waals surface area (Å²) in [5.41, 5.74) is 1.34. The number of rotatable bonds is 8. The molecule has 0 N–H and O–H groups in total. The van der Waals surface area contributed by atoms with Crippen molar-refractivity contribution in [1.82, 2.24) is 24.4 Å². The van der Waals surface area contributed by atoms with E-state index < -0.39 is 0 Å². The zero-order valence-corrected chi connectivity index (χ0v) is 21.4. The number of piperazine rings is 1. The summed E-state index contributed by atoms with van der Waals surface area (Å²) in [6, 6.07) is 16.2. The van der Waals surface area contributed by atoms with Crippen LogP contribution in [0.3, 0.4) is 0 Å². The smallest absolute Gasteiger partial charge is 0.275 e. The van der Waals surface area contributed by atoms with E-state index in [2.05, 4.69) is 15.0 Å². The van der Waals surface area contributed by atoms with Gasteiger partial charge < -0.3 is 19.1 Å². The first-order valence-corrected chi connectivity index (χ1v) is 12.7. The standard InChI is InChI=1S/C26H27N5O5S/c1-34-20-6-8-21(9-7-20)36-17-24(33)30-12-10-29(11-13-30)16-19-15-23(32)31-26(27-19)37-25(28-31)18-4-3-5-22(14-18)35-2/h3-9,14-15H,10-13,16-17H2,1-2H3. The molecule has 1 aliphatic heterocycles. The molecule has 3 heterocycles. The SMILES string of the molecule is COc1ccc(OCC(=O)N2CCN(Cc3cc(=O)n4nc(-c5cccc(OC)c5)sc4n3)CC2)cc1. The highest BCUT2D eigenvalue weighted by Crippen LogP contribution is 2.27. The van der Waals surface area contributed by atoms with Crippen LogP contribution in [-0.4, -0.2) is 77.3 Å². The number of benzene rings is 2. The first-order chi connectivity index (χ1) is 18.0. The lowest BCUT2D eigenvalue weighted by atomic mass is 10.2. The summed E-state index contributed by atoms with van der Waals surface area (Å²) in [5, 5.41) is 5.15. The van der Waals surface area contributed by atoms with Crippen LogP contribution < -0.4 is 19.8 Å². The van der Waals surface area contributed by atoms with Gasteiger partial charge in [-0.15, -0.1) is 0 Å². The summed E-state index contributed by atoms with van der Waals surface area (Å²) in [6.45, 7) is 3.07. The second kappa shape index (κ2) is 11.0. The van der Waals surface area contributed by atoms with Gasteiger partial charge in [-0.2, -0.15) is 9.61 Å². The van der Waals surface area contributed by atoms with Gasteiger partial charge in [0.15, 0.2) is 6.61 Å². The molecule has 0 unspecified atom stereocenters. The van der Waals surface area contributed by atoms with E-state index in [1.165, 1.54) is 21.9 Å². The fourth-order valence-corrected chi connectivity index (χ4v) is 5.02. The number of carbonyl (C=O) groups is 1. The largest absolute Gasteiger partial charge is 0.497 e. The summed E-state index contributed by atoms with van der Waals surface area (Å²) < 4.78 is 17.4. The lowest BCUT2D eigenvalue weighted by Crippen LogP contribution is -2.49. The molecule has 5 rings (SSSR count). The Hall–Kier alpha value is -3.96. The van der Waals surface area contributed by atoms with Crippen LogP contribution in [-0.2, 0) is 11.3 Å². The molecular weight excluding hydrogens is 494 g/mol. The number of methoxy groups -OCH3 is 2. The van der Waals surface area contributed by atoms with Crippen molar-refractivity contribution < 1.29 is 19.0 Å². The molecule has 1 saturated heterocycles. The number of nitrogens with zero attached hydrogens (tertiary/aromatic N) is 5. The Bertz CT molecular complexity index is 1440. The molecule has 1 aliphatic rings. The second-order valence-electron chi connectivity index (χ2n) is 8.54. The van der Waals surface area contributed by atoms with Gasteiger partial charge in [0, 0.05) is 44.4 Å². The van der Waals surface area contributed by atoms with Crippen LogP contribution in [0.15, 0.2) is 59.4 Å². The third-order valence-corrected chi connectivity index (χ3v) is 7.10. The number of hydrogen-bond donors (Lipinski definition) is 0. The average molecular weight is 522 g/mol. The fourth-order valence-electron chi connectivity index (χ4n) is 4.10. The highest BCUT2D eigenvalue weighted by atomic mass is 32.1. The lowest BCUT2D eigenvalue weighted by Gasteiger charge is -2.34. The second-order valence-corrected chi connectivity index (χ2v) is 9.50. The lowest BCUT2D eigenvalue weighted by molar-refractivity contribution is -0.135. The Kier molecular flexibility index (Phi) is 7.33. The summed E-state index contributed by atoms with van der Waals surface area (Å²) in [7, 11) is 3.22. The van der Waals surface area contributed by atoms with Crippen molar-refractivity contribution in [3.63, 3.8) is 0 Å². The van der Waals surface area contributed by atoms with E-state index in [4.69, 9.17) is 14.2 Å². The van der Waals surface area contributed by atoms with Crippen LogP contribution in [0.2, 0.25) is 0 Å². The van der Waals surface area contributed by atoms with Crippen LogP contribution in [0.4, 0.5) is 0 Å². The molecule has 0 saturated carbocycles. The molecule has 2 aromatic heterocycles. The number of carbonyl (C=O) groups excluding carboxylic acids is 1. The molecule has 2 aromatic carbocycles. The number of ether oxygens (including phenoxy) is 3. The van der Waals surface area contributed by atoms with Crippen LogP contribution in [0.5, 0.6) is 17.2 Å². The van der Waals surface area contributed by atoms with E-state index in [9.17, 15) is 9.59 Å². The van der Waals surface area contributed by atoms with E-state index in [-0.39, 0.29) is 18.1 Å². The third-order valence-electron chi connectivity index (χ3n) is 6.15. The van der Waals surface area contributed by atoms with Gasteiger partial charge in [0.05, 0.1) is 19.9 Å². The van der Waals surface area contributed by atoms with E-state index in [1.54, 1.807) is 43.4 Å². The molecule has 1 fully saturated rings. The highest BCUT2D eigenvalue weighted by Gasteiger charge is 2.22. The molecule has 0 atom stereocenters. The van der Waals surface area contributed by atoms with Crippen molar-refractivity contribution >= 4 is 22.2 Å². The van der Waals surface area contributed by atoms with Gasteiger partial charge in [-0.25, -0.2) is 4.98 Å². The van der Waals surface area contributed by atoms with E-state index in [1.807, 2.05) is 24.3 Å². The summed E-state index contributed by atoms with van der Waals surface area (Å²) >= 11 is 1.36. The maximum absolute atomic E-state index is 12.7. The maximum Gasteiger partial charge on any atom is 0.275 e. The molecule has 0 aliphatic carbocycles. The predicted octanol–water partition coefficient (Wildman–Crippen LogP) is 2.56. The first-order valence-electron chi connectivity index (χ1n) is 11.8. The van der Waals surface area contributed by atoms with Gasteiger partial charge in [-0.1, -0.05) is 23.5 Å². The third kappa shape index (κ3) is 5.73. The Labute approximate surface area is 217 Å². The van der Waals surface area contributed by atoms with Crippen molar-refractivity contribution in [3.05, 3.63) is 70.6 Å². The molecule has 10 nitrogen and oxygen atoms in total. The Morgan fingerprint density at radius 2 is 1.68 bits per heavy atom. The number of amides is 1. The zero-order valence-electron chi connectivity index (χ0n) is 20.6. The molecule has 192 valence electrons. The van der Waals surface area contributed by atoms with Crippen molar-refractivity contribution in [2.45, 2.75) is 6.54 Å². The molecule has 0 spiro atoms. The predicted molar refractivity (Wildman–Crippen MR) is 139 cm³/mol. The maximum atomic E-state index is 12.7. The first kappa shape index (κ1) is 24.7. The van der Waals surface area contributed by atoms with Crippen molar-refractivity contribution in [1.29, 1.82) is 0 Å². The summed E-state index contributed by atoms with van der Waals surface area (Å²) in [4.78, 5) is 34.5. The van der Waals surface area contributed by atoms with Crippen LogP contribution in [0.1, 0.15) is 5.69 Å². The van der Waals surface area contributed by atoms with Gasteiger partial charge in [0.1, 0.15) is 22.3 Å². The average Bonchev–Trinajstić information content (AvgIpc) is 3.37. The van der Waals surface area contributed by atoms with Gasteiger partial charge in [0.2, 0.25) is 4.96 Å². The molecule has 0 radical (unpaired) electrons. The molecule has 1 amide bonds. The molecule has 11 heteroatoms. The summed E-state index contributed by atoms with van der Waals surface area (Å²) in [5.74, 6) is 2.03. The van der Waals surface area contributed by atoms with E-state index in [0.29, 0.717) is 54.1 Å². The van der Waals surface area contributed by atoms with E-state index in [0.717, 1.165) is 17.1 Å². The minimum atomic E-state index is -0.213. The normalized spacial score (nSPS) is 14.1. The Morgan fingerprint density at radius 3 is 2.41 bits per heavy atom.